The van der Waals surface area contributed by atoms with Crippen molar-refractivity contribution >= 4 is 22.5 Å². The van der Waals surface area contributed by atoms with Crippen molar-refractivity contribution in [2.24, 2.45) is 0 Å². The Kier molecular flexibility index (Phi) is 5.39. The van der Waals surface area contributed by atoms with Gasteiger partial charge in [0.15, 0.2) is 5.58 Å². The van der Waals surface area contributed by atoms with Gasteiger partial charge < -0.3 is 9.73 Å². The third kappa shape index (κ3) is 3.85. The molecule has 0 spiro atoms. The van der Waals surface area contributed by atoms with Crippen LogP contribution in [0.3, 0.4) is 0 Å². The Balaban J connectivity index is 1.43. The summed E-state index contributed by atoms with van der Waals surface area (Å²) < 4.78 is 21.9. The average molecular weight is 410 g/mol. The molecule has 8 heteroatoms. The molecule has 156 valence electrons. The van der Waals surface area contributed by atoms with E-state index in [0.29, 0.717) is 37.0 Å². The summed E-state index contributed by atoms with van der Waals surface area (Å²) >= 11 is 0. The minimum absolute atomic E-state index is 0.125. The number of carbonyl (C=O) groups excluding carboxylic acids is 1. The maximum atomic E-state index is 12.9. The number of furan rings is 1. The summed E-state index contributed by atoms with van der Waals surface area (Å²) in [7, 11) is 0. The quantitative estimate of drug-likeness (QED) is 0.507. The first kappa shape index (κ1) is 19.9. The summed E-state index contributed by atoms with van der Waals surface area (Å²) in [5.41, 5.74) is 2.66. The molecule has 0 fully saturated rings. The van der Waals surface area contributed by atoms with E-state index in [0.717, 1.165) is 22.7 Å². The van der Waals surface area contributed by atoms with Gasteiger partial charge in [-0.3, -0.25) is 14.0 Å². The Morgan fingerprint density at radius 2 is 1.97 bits per heavy atom. The van der Waals surface area contributed by atoms with Crippen LogP contribution in [0.25, 0.3) is 16.6 Å². The van der Waals surface area contributed by atoms with Crippen molar-refractivity contribution in [2.75, 3.05) is 0 Å². The number of halogens is 1. The minimum Gasteiger partial charge on any atom is -0.460 e. The van der Waals surface area contributed by atoms with Gasteiger partial charge in [-0.05, 0) is 31.0 Å². The molecule has 0 radical (unpaired) electrons. The number of carbonyl (C=O) groups is 1. The molecule has 0 aliphatic heterocycles. The molecule has 0 atom stereocenters. The summed E-state index contributed by atoms with van der Waals surface area (Å²) in [5.74, 6) is 1.12. The predicted molar refractivity (Wildman–Crippen MR) is 111 cm³/mol. The number of hydrogen-bond acceptors (Lipinski definition) is 4. The maximum Gasteiger partial charge on any atom is 0.291 e. The summed E-state index contributed by atoms with van der Waals surface area (Å²) in [5, 5.41) is 7.31. The topological polar surface area (TPSA) is 81.5 Å². The zero-order chi connectivity index (χ0) is 21.3. The molecular formula is C22H23FN4O3. The Bertz CT molecular complexity index is 1270. The van der Waals surface area contributed by atoms with Crippen LogP contribution in [0.15, 0.2) is 45.6 Å². The Labute approximate surface area is 172 Å². The predicted octanol–water partition coefficient (Wildman–Crippen LogP) is 3.35. The van der Waals surface area contributed by atoms with E-state index in [1.807, 2.05) is 24.3 Å². The molecule has 3 heterocycles. The lowest BCUT2D eigenvalue weighted by Gasteiger charge is -2.10. The standard InChI is InChI=1S/C22H23FN4O3/c1-3-20-25-26(22(29)18-12-19-17(27(18)20)11-14(2)30-19)10-4-5-21(28)24-13-15-6-8-16(23)9-7-15/h6-9,11-12H,3-5,10,13H2,1-2H3,(H,24,28). The lowest BCUT2D eigenvalue weighted by molar-refractivity contribution is -0.121. The number of amides is 1. The molecule has 3 aromatic heterocycles. The monoisotopic (exact) mass is 410 g/mol. The highest BCUT2D eigenvalue weighted by Crippen LogP contribution is 2.23. The highest BCUT2D eigenvalue weighted by Gasteiger charge is 2.16. The molecule has 0 unspecified atom stereocenters. The van der Waals surface area contributed by atoms with Crippen molar-refractivity contribution in [2.45, 2.75) is 46.2 Å². The van der Waals surface area contributed by atoms with E-state index in [9.17, 15) is 14.0 Å². The van der Waals surface area contributed by atoms with Crippen LogP contribution in [0.2, 0.25) is 0 Å². The highest BCUT2D eigenvalue weighted by molar-refractivity contribution is 5.83. The fourth-order valence-electron chi connectivity index (χ4n) is 3.57. The molecule has 30 heavy (non-hydrogen) atoms. The Morgan fingerprint density at radius 1 is 1.20 bits per heavy atom. The van der Waals surface area contributed by atoms with Gasteiger partial charge in [0.1, 0.15) is 22.9 Å². The summed E-state index contributed by atoms with van der Waals surface area (Å²) in [6.07, 6.45) is 1.41. The van der Waals surface area contributed by atoms with Gasteiger partial charge in [-0.15, -0.1) is 0 Å². The van der Waals surface area contributed by atoms with Crippen molar-refractivity contribution < 1.29 is 13.6 Å². The molecule has 0 aliphatic carbocycles. The zero-order valence-electron chi connectivity index (χ0n) is 16.9. The molecular weight excluding hydrogens is 387 g/mol. The Morgan fingerprint density at radius 3 is 2.70 bits per heavy atom. The fourth-order valence-corrected chi connectivity index (χ4v) is 3.57. The lowest BCUT2D eigenvalue weighted by atomic mass is 10.2. The van der Waals surface area contributed by atoms with Crippen LogP contribution in [-0.4, -0.2) is 20.1 Å². The van der Waals surface area contributed by atoms with Crippen molar-refractivity contribution in [1.29, 1.82) is 0 Å². The van der Waals surface area contributed by atoms with Crippen LogP contribution in [0.1, 0.15) is 36.9 Å². The van der Waals surface area contributed by atoms with E-state index >= 15 is 0 Å². The maximum absolute atomic E-state index is 12.9. The van der Waals surface area contributed by atoms with Crippen LogP contribution in [0.5, 0.6) is 0 Å². The van der Waals surface area contributed by atoms with Crippen molar-refractivity contribution in [1.82, 2.24) is 19.5 Å². The number of fused-ring (bicyclic) bond motifs is 3. The van der Waals surface area contributed by atoms with Gasteiger partial charge in [0.2, 0.25) is 5.91 Å². The molecule has 1 aromatic carbocycles. The second-order valence-electron chi connectivity index (χ2n) is 7.28. The summed E-state index contributed by atoms with van der Waals surface area (Å²) in [6.45, 7) is 4.54. The SMILES string of the molecule is CCc1nn(CCCC(=O)NCc2ccc(F)cc2)c(=O)c2cc3oc(C)cc3n12. The number of nitrogens with zero attached hydrogens (tertiary/aromatic N) is 3. The van der Waals surface area contributed by atoms with E-state index < -0.39 is 0 Å². The van der Waals surface area contributed by atoms with Crippen LogP contribution >= 0.6 is 0 Å². The minimum atomic E-state index is -0.308. The van der Waals surface area contributed by atoms with E-state index in [2.05, 4.69) is 10.4 Å². The first-order valence-corrected chi connectivity index (χ1v) is 9.99. The van der Waals surface area contributed by atoms with E-state index in [1.54, 1.807) is 18.2 Å². The zero-order valence-corrected chi connectivity index (χ0v) is 16.9. The number of hydrogen-bond donors (Lipinski definition) is 1. The number of benzene rings is 1. The van der Waals surface area contributed by atoms with Crippen LogP contribution in [0.4, 0.5) is 4.39 Å². The molecule has 7 nitrogen and oxygen atoms in total. The van der Waals surface area contributed by atoms with Crippen molar-refractivity contribution in [3.8, 4) is 0 Å². The van der Waals surface area contributed by atoms with Crippen molar-refractivity contribution in [3.05, 3.63) is 69.7 Å². The molecule has 1 amide bonds. The third-order valence-corrected chi connectivity index (χ3v) is 5.05. The van der Waals surface area contributed by atoms with Gasteiger partial charge in [0, 0.05) is 38.1 Å². The smallest absolute Gasteiger partial charge is 0.291 e. The fraction of sp³-hybridized carbons (Fsp3) is 0.318. The van der Waals surface area contributed by atoms with E-state index in [1.165, 1.54) is 16.8 Å². The summed E-state index contributed by atoms with van der Waals surface area (Å²) in [4.78, 5) is 25.0. The summed E-state index contributed by atoms with van der Waals surface area (Å²) in [6, 6.07) is 9.64. The number of aromatic nitrogens is 3. The van der Waals surface area contributed by atoms with Gasteiger partial charge in [-0.1, -0.05) is 19.1 Å². The number of rotatable bonds is 7. The highest BCUT2D eigenvalue weighted by atomic mass is 19.1. The molecule has 0 saturated heterocycles. The van der Waals surface area contributed by atoms with Gasteiger partial charge in [-0.2, -0.15) is 5.10 Å². The molecule has 4 rings (SSSR count). The molecule has 0 aliphatic rings. The van der Waals surface area contributed by atoms with Gasteiger partial charge >= 0.3 is 0 Å². The number of aryl methyl sites for hydroxylation is 3. The number of nitrogens with one attached hydrogen (secondary N) is 1. The van der Waals surface area contributed by atoms with Crippen LogP contribution in [-0.2, 0) is 24.3 Å². The Hall–Kier alpha value is -3.42. The lowest BCUT2D eigenvalue weighted by Crippen LogP contribution is -2.28. The normalized spacial score (nSPS) is 11.4. The second kappa shape index (κ2) is 8.14. The van der Waals surface area contributed by atoms with E-state index in [4.69, 9.17) is 4.42 Å². The first-order chi connectivity index (χ1) is 14.5. The molecule has 4 aromatic rings. The van der Waals surface area contributed by atoms with Gasteiger partial charge in [0.25, 0.3) is 5.56 Å². The molecule has 1 N–H and O–H groups in total. The molecule has 0 saturated carbocycles. The largest absolute Gasteiger partial charge is 0.460 e. The first-order valence-electron chi connectivity index (χ1n) is 9.99. The van der Waals surface area contributed by atoms with E-state index in [-0.39, 0.29) is 23.7 Å². The van der Waals surface area contributed by atoms with Gasteiger partial charge in [-0.25, -0.2) is 9.07 Å². The molecule has 0 bridgehead atoms. The average Bonchev–Trinajstić information content (AvgIpc) is 3.26. The van der Waals surface area contributed by atoms with Crippen molar-refractivity contribution in [3.63, 3.8) is 0 Å². The second-order valence-corrected chi connectivity index (χ2v) is 7.28. The van der Waals surface area contributed by atoms with Crippen LogP contribution in [0, 0.1) is 12.7 Å². The van der Waals surface area contributed by atoms with Crippen LogP contribution < -0.4 is 10.9 Å². The van der Waals surface area contributed by atoms with Gasteiger partial charge in [0.05, 0.1) is 5.52 Å². The third-order valence-electron chi connectivity index (χ3n) is 5.05.